The molecule has 0 bridgehead atoms. The van der Waals surface area contributed by atoms with Crippen molar-refractivity contribution in [2.24, 2.45) is 11.5 Å². The lowest BCUT2D eigenvalue weighted by Crippen LogP contribution is -2.35. The smallest absolute Gasteiger partial charge is 0.251 e. The van der Waals surface area contributed by atoms with Gasteiger partial charge >= 0.3 is 0 Å². The molecule has 0 aliphatic heterocycles. The van der Waals surface area contributed by atoms with Gasteiger partial charge in [-0.1, -0.05) is 84.9 Å². The van der Waals surface area contributed by atoms with E-state index in [1.54, 1.807) is 84.0 Å². The molecule has 0 saturated carbocycles. The van der Waals surface area contributed by atoms with Crippen LogP contribution < -0.4 is 30.7 Å². The summed E-state index contributed by atoms with van der Waals surface area (Å²) in [4.78, 5) is 26.6. The van der Waals surface area contributed by atoms with Gasteiger partial charge in [-0.2, -0.15) is 0 Å². The second-order valence-electron chi connectivity index (χ2n) is 20.3. The molecule has 80 heavy (non-hydrogen) atoms. The molecule has 8 rings (SSSR count). The van der Waals surface area contributed by atoms with E-state index >= 15 is 0 Å². The Morgan fingerprint density at radius 1 is 0.562 bits per heavy atom. The molecule has 6 aromatic carbocycles. The molecule has 6 N–H and O–H groups in total. The molecular formula is C58H64F2N10O8S2. The number of anilines is 2. The fourth-order valence-electron chi connectivity index (χ4n) is 8.31. The van der Waals surface area contributed by atoms with Crippen LogP contribution in [-0.2, 0) is 44.0 Å². The SMILES string of the molecule is CC(C)S(=O)(=O)N(C)c1cc(C(=O)N[C@H](C)c2ccc(F)cc2)cc(-c2nnc([C@](C)(N)Cc3ccccc3)o2)c1.C[C@@H](NC(=O)c1cc(-c2nnc([C@](C)(N)Cc3ccccc3)o2)cc(N(C)S(C)(=O)=O)c1)c1ccc(F)cc1. The van der Waals surface area contributed by atoms with Gasteiger partial charge in [-0.15, -0.1) is 20.4 Å². The molecule has 4 atom stereocenters. The summed E-state index contributed by atoms with van der Waals surface area (Å²) in [6.07, 6.45) is 1.95. The zero-order valence-corrected chi connectivity index (χ0v) is 47.3. The standard InChI is InChI=1S/C30H34FN5O4S.C28H30FN5O4S/c1-19(2)41(38,39)36(5)26-16-23(27(37)33-20(3)22-11-13-25(31)14-12-22)15-24(17-26)28-34-35-29(40-28)30(4,32)18-21-9-7-6-8-10-21;1-18(20-10-12-23(29)13-11-20)31-25(35)21-14-22(16-24(15-21)34(3)39(4,36)37)26-32-33-27(38-26)28(2,30)17-19-8-6-5-7-9-19/h6-17,19-20H,18,32H2,1-5H3,(H,33,37);5-16,18H,17,30H2,1-4H3,(H,31,35)/t20-,30-;18-,28-/m11/s1. The van der Waals surface area contributed by atoms with Crippen LogP contribution >= 0.6 is 0 Å². The number of amides is 2. The molecule has 0 aliphatic rings. The van der Waals surface area contributed by atoms with Crippen LogP contribution in [0, 0.1) is 11.6 Å². The van der Waals surface area contributed by atoms with Gasteiger partial charge in [0.15, 0.2) is 0 Å². The monoisotopic (exact) mass is 1130 g/mol. The van der Waals surface area contributed by atoms with Crippen LogP contribution in [0.15, 0.2) is 154 Å². The van der Waals surface area contributed by atoms with E-state index in [1.165, 1.54) is 56.6 Å². The van der Waals surface area contributed by atoms with Crippen LogP contribution in [0.3, 0.4) is 0 Å². The molecule has 420 valence electrons. The average Bonchev–Trinajstić information content (AvgIpc) is 4.22. The highest BCUT2D eigenvalue weighted by Crippen LogP contribution is 2.33. The van der Waals surface area contributed by atoms with Crippen LogP contribution in [0.25, 0.3) is 22.9 Å². The molecule has 22 heteroatoms. The third-order valence-electron chi connectivity index (χ3n) is 13.1. The Bertz CT molecular complexity index is 3680. The molecule has 0 aliphatic carbocycles. The second-order valence-corrected chi connectivity index (χ2v) is 24.8. The molecule has 2 heterocycles. The van der Waals surface area contributed by atoms with Gasteiger partial charge in [0.2, 0.25) is 43.6 Å². The van der Waals surface area contributed by atoms with Crippen molar-refractivity contribution in [3.63, 3.8) is 0 Å². The van der Waals surface area contributed by atoms with Crippen molar-refractivity contribution in [2.45, 2.75) is 82.8 Å². The van der Waals surface area contributed by atoms with Crippen molar-refractivity contribution in [1.29, 1.82) is 0 Å². The number of aromatic nitrogens is 4. The molecule has 2 aromatic heterocycles. The molecule has 0 radical (unpaired) electrons. The van der Waals surface area contributed by atoms with Crippen molar-refractivity contribution in [1.82, 2.24) is 31.0 Å². The Labute approximate surface area is 464 Å². The number of carbonyl (C=O) groups is 2. The predicted octanol–water partition coefficient (Wildman–Crippen LogP) is 9.14. The maximum atomic E-state index is 13.4. The third kappa shape index (κ3) is 14.7. The first-order valence-electron chi connectivity index (χ1n) is 25.3. The number of rotatable bonds is 19. The Morgan fingerprint density at radius 2 is 0.925 bits per heavy atom. The van der Waals surface area contributed by atoms with Crippen LogP contribution in [0.4, 0.5) is 20.2 Å². The highest BCUT2D eigenvalue weighted by Gasteiger charge is 2.32. The van der Waals surface area contributed by atoms with Gasteiger partial charge in [-0.3, -0.25) is 18.2 Å². The number of sulfonamides is 2. The minimum Gasteiger partial charge on any atom is -0.419 e. The lowest BCUT2D eigenvalue weighted by Gasteiger charge is -2.23. The van der Waals surface area contributed by atoms with Crippen molar-refractivity contribution >= 4 is 43.2 Å². The van der Waals surface area contributed by atoms with Crippen molar-refractivity contribution in [3.8, 4) is 22.9 Å². The number of halogens is 2. The Balaban J connectivity index is 0.000000231. The van der Waals surface area contributed by atoms with E-state index in [9.17, 15) is 35.2 Å². The average molecular weight is 1130 g/mol. The van der Waals surface area contributed by atoms with Gasteiger partial charge in [0.25, 0.3) is 11.8 Å². The van der Waals surface area contributed by atoms with E-state index in [2.05, 4.69) is 31.0 Å². The Hall–Kier alpha value is -8.18. The van der Waals surface area contributed by atoms with E-state index in [0.717, 1.165) is 26.0 Å². The lowest BCUT2D eigenvalue weighted by atomic mass is 9.94. The fourth-order valence-corrected chi connectivity index (χ4v) is 9.83. The first kappa shape index (κ1) is 59.5. The molecule has 0 unspecified atom stereocenters. The van der Waals surface area contributed by atoms with Gasteiger partial charge in [-0.05, 0) is 137 Å². The third-order valence-corrected chi connectivity index (χ3v) is 16.5. The topological polar surface area (TPSA) is 263 Å². The lowest BCUT2D eigenvalue weighted by molar-refractivity contribution is 0.0931. The largest absolute Gasteiger partial charge is 0.419 e. The summed E-state index contributed by atoms with van der Waals surface area (Å²) in [5.74, 6) is -1.14. The molecule has 2 amide bonds. The number of nitrogens with zero attached hydrogens (tertiary/aromatic N) is 6. The zero-order chi connectivity index (χ0) is 58.3. The minimum absolute atomic E-state index is 0.0825. The highest BCUT2D eigenvalue weighted by molar-refractivity contribution is 7.93. The summed E-state index contributed by atoms with van der Waals surface area (Å²) in [5.41, 5.74) is 16.0. The predicted molar refractivity (Wildman–Crippen MR) is 303 cm³/mol. The summed E-state index contributed by atoms with van der Waals surface area (Å²) in [6, 6.07) is 39.2. The van der Waals surface area contributed by atoms with Crippen molar-refractivity contribution < 1.29 is 44.0 Å². The van der Waals surface area contributed by atoms with Gasteiger partial charge in [0, 0.05) is 36.3 Å². The summed E-state index contributed by atoms with van der Waals surface area (Å²) >= 11 is 0. The molecule has 0 spiro atoms. The summed E-state index contributed by atoms with van der Waals surface area (Å²) in [5, 5.41) is 21.7. The molecule has 8 aromatic rings. The number of carbonyl (C=O) groups excluding carboxylic acids is 2. The Kier molecular flexibility index (Phi) is 18.2. The number of hydrogen-bond acceptors (Lipinski definition) is 14. The van der Waals surface area contributed by atoms with Crippen LogP contribution in [0.1, 0.15) is 108 Å². The second kappa shape index (κ2) is 24.5. The van der Waals surface area contributed by atoms with Gasteiger partial charge < -0.3 is 30.9 Å². The first-order valence-corrected chi connectivity index (χ1v) is 28.6. The van der Waals surface area contributed by atoms with E-state index in [0.29, 0.717) is 35.1 Å². The quantitative estimate of drug-likeness (QED) is 0.0589. The van der Waals surface area contributed by atoms with E-state index in [1.807, 2.05) is 60.7 Å². The zero-order valence-electron chi connectivity index (χ0n) is 45.7. The van der Waals surface area contributed by atoms with E-state index in [-0.39, 0.29) is 57.7 Å². The first-order chi connectivity index (χ1) is 37.6. The molecular weight excluding hydrogens is 1070 g/mol. The highest BCUT2D eigenvalue weighted by atomic mass is 32.2. The molecule has 0 saturated heterocycles. The van der Waals surface area contributed by atoms with Gasteiger partial charge in [-0.25, -0.2) is 25.6 Å². The normalized spacial score (nSPS) is 13.9. The van der Waals surface area contributed by atoms with Crippen molar-refractivity contribution in [3.05, 3.63) is 202 Å². The number of nitrogens with one attached hydrogen (secondary N) is 2. The number of nitrogens with two attached hydrogens (primary N) is 2. The minimum atomic E-state index is -3.71. The van der Waals surface area contributed by atoms with E-state index in [4.69, 9.17) is 20.3 Å². The Morgan fingerprint density at radius 3 is 1.27 bits per heavy atom. The van der Waals surface area contributed by atoms with Gasteiger partial charge in [0.05, 0.1) is 46.0 Å². The van der Waals surface area contributed by atoms with Crippen LogP contribution in [0.5, 0.6) is 0 Å². The van der Waals surface area contributed by atoms with Crippen LogP contribution in [0.2, 0.25) is 0 Å². The van der Waals surface area contributed by atoms with Crippen molar-refractivity contribution in [2.75, 3.05) is 29.0 Å². The van der Waals surface area contributed by atoms with Crippen LogP contribution in [-0.4, -0.2) is 74.6 Å². The summed E-state index contributed by atoms with van der Waals surface area (Å²) in [6.45, 7) is 10.2. The maximum absolute atomic E-state index is 13.4. The maximum Gasteiger partial charge on any atom is 0.251 e. The molecule has 18 nitrogen and oxygen atoms in total. The number of benzene rings is 6. The van der Waals surface area contributed by atoms with E-state index < -0.39 is 60.3 Å². The van der Waals surface area contributed by atoms with Gasteiger partial charge in [0.1, 0.15) is 11.6 Å². The summed E-state index contributed by atoms with van der Waals surface area (Å²) < 4.78 is 91.3. The number of hydrogen-bond donors (Lipinski definition) is 4. The molecule has 0 fully saturated rings. The summed E-state index contributed by atoms with van der Waals surface area (Å²) in [7, 11) is -4.55. The fraction of sp³-hybridized carbons (Fsp3) is 0.276.